The standard InChI is InChI=1S/C18H18N2O3/c1-18-11-14(12-7-3-2-4-8-12)16(20(21)22)17(23-18)13-9-5-6-10-15(13)19-18/h2-10,14,16-17,19H,11H2,1H3/t14-,16+,17-,18+/m1/s1. The Morgan fingerprint density at radius 2 is 1.87 bits per heavy atom. The van der Waals surface area contributed by atoms with Crippen LogP contribution in [0.1, 0.15) is 36.5 Å². The van der Waals surface area contributed by atoms with Crippen LogP contribution in [0.2, 0.25) is 0 Å². The fraction of sp³-hybridized carbons (Fsp3) is 0.333. The molecule has 1 N–H and O–H groups in total. The van der Waals surface area contributed by atoms with E-state index in [1.54, 1.807) is 0 Å². The first-order valence-electron chi connectivity index (χ1n) is 7.81. The van der Waals surface area contributed by atoms with E-state index in [-0.39, 0.29) is 10.8 Å². The molecular formula is C18H18N2O3. The molecule has 2 aromatic rings. The molecule has 2 aromatic carbocycles. The fourth-order valence-electron chi connectivity index (χ4n) is 3.89. The molecule has 1 fully saturated rings. The molecule has 0 radical (unpaired) electrons. The molecule has 2 aliphatic heterocycles. The zero-order valence-electron chi connectivity index (χ0n) is 12.8. The van der Waals surface area contributed by atoms with Gasteiger partial charge in [-0.05, 0) is 18.6 Å². The first kappa shape index (κ1) is 14.2. The number of benzene rings is 2. The lowest BCUT2D eigenvalue weighted by Crippen LogP contribution is -2.55. The van der Waals surface area contributed by atoms with Gasteiger partial charge in [0.05, 0.1) is 5.92 Å². The predicted octanol–water partition coefficient (Wildman–Crippen LogP) is 3.72. The van der Waals surface area contributed by atoms with E-state index in [0.29, 0.717) is 6.42 Å². The van der Waals surface area contributed by atoms with Crippen LogP contribution >= 0.6 is 0 Å². The van der Waals surface area contributed by atoms with Crippen molar-refractivity contribution >= 4 is 5.69 Å². The average Bonchev–Trinajstić information content (AvgIpc) is 2.54. The van der Waals surface area contributed by atoms with E-state index in [0.717, 1.165) is 16.8 Å². The molecule has 0 amide bonds. The number of nitro groups is 1. The monoisotopic (exact) mass is 310 g/mol. The van der Waals surface area contributed by atoms with E-state index in [9.17, 15) is 10.1 Å². The highest BCUT2D eigenvalue weighted by Gasteiger charge is 2.55. The molecular weight excluding hydrogens is 292 g/mol. The lowest BCUT2D eigenvalue weighted by Gasteiger charge is -2.48. The van der Waals surface area contributed by atoms with Crippen LogP contribution in [0.5, 0.6) is 0 Å². The summed E-state index contributed by atoms with van der Waals surface area (Å²) in [6, 6.07) is 16.7. The third kappa shape index (κ3) is 2.28. The highest BCUT2D eigenvalue weighted by Crippen LogP contribution is 2.51. The predicted molar refractivity (Wildman–Crippen MR) is 86.9 cm³/mol. The van der Waals surface area contributed by atoms with Crippen molar-refractivity contribution in [2.24, 2.45) is 0 Å². The van der Waals surface area contributed by atoms with Gasteiger partial charge in [-0.2, -0.15) is 0 Å². The van der Waals surface area contributed by atoms with Crippen molar-refractivity contribution in [1.29, 1.82) is 0 Å². The third-order valence-electron chi connectivity index (χ3n) is 4.86. The van der Waals surface area contributed by atoms with Crippen LogP contribution in [0.15, 0.2) is 54.6 Å². The molecule has 0 saturated carbocycles. The summed E-state index contributed by atoms with van der Waals surface area (Å²) in [5.74, 6) is -0.184. The van der Waals surface area contributed by atoms with Crippen molar-refractivity contribution in [3.05, 3.63) is 75.8 Å². The molecule has 0 aromatic heterocycles. The van der Waals surface area contributed by atoms with Crippen molar-refractivity contribution in [2.45, 2.75) is 37.1 Å². The van der Waals surface area contributed by atoms with Crippen molar-refractivity contribution in [1.82, 2.24) is 0 Å². The normalized spacial score (nSPS) is 31.8. The molecule has 118 valence electrons. The highest BCUT2D eigenvalue weighted by molar-refractivity contribution is 5.56. The lowest BCUT2D eigenvalue weighted by atomic mass is 9.76. The summed E-state index contributed by atoms with van der Waals surface area (Å²) in [4.78, 5) is 11.7. The first-order chi connectivity index (χ1) is 11.1. The highest BCUT2D eigenvalue weighted by atomic mass is 16.6. The Morgan fingerprint density at radius 3 is 2.61 bits per heavy atom. The summed E-state index contributed by atoms with van der Waals surface area (Å²) in [7, 11) is 0. The maximum Gasteiger partial charge on any atom is 0.250 e. The largest absolute Gasteiger partial charge is 0.357 e. The molecule has 2 heterocycles. The molecule has 4 rings (SSSR count). The minimum Gasteiger partial charge on any atom is -0.357 e. The Labute approximate surface area is 134 Å². The zero-order chi connectivity index (χ0) is 16.0. The van der Waals surface area contributed by atoms with E-state index in [2.05, 4.69) is 5.32 Å². The van der Waals surface area contributed by atoms with Gasteiger partial charge in [0.15, 0.2) is 6.10 Å². The van der Waals surface area contributed by atoms with Gasteiger partial charge in [-0.25, -0.2) is 0 Å². The molecule has 5 nitrogen and oxygen atoms in total. The van der Waals surface area contributed by atoms with Gasteiger partial charge in [0.2, 0.25) is 6.04 Å². The Hall–Kier alpha value is -2.40. The summed E-state index contributed by atoms with van der Waals surface area (Å²) < 4.78 is 6.11. The van der Waals surface area contributed by atoms with Crippen LogP contribution in [-0.4, -0.2) is 16.7 Å². The van der Waals surface area contributed by atoms with E-state index >= 15 is 0 Å². The fourth-order valence-corrected chi connectivity index (χ4v) is 3.89. The smallest absolute Gasteiger partial charge is 0.250 e. The van der Waals surface area contributed by atoms with Crippen molar-refractivity contribution in [3.8, 4) is 0 Å². The van der Waals surface area contributed by atoms with Gasteiger partial charge in [-0.15, -0.1) is 0 Å². The topological polar surface area (TPSA) is 64.4 Å². The summed E-state index contributed by atoms with van der Waals surface area (Å²) in [5, 5.41) is 15.3. The summed E-state index contributed by atoms with van der Waals surface area (Å²) >= 11 is 0. The Kier molecular flexibility index (Phi) is 3.13. The molecule has 0 spiro atoms. The number of ether oxygens (including phenoxy) is 1. The molecule has 4 atom stereocenters. The van der Waals surface area contributed by atoms with Gasteiger partial charge in [-0.1, -0.05) is 48.5 Å². The second-order valence-corrected chi connectivity index (χ2v) is 6.48. The van der Waals surface area contributed by atoms with Crippen LogP contribution in [0.25, 0.3) is 0 Å². The van der Waals surface area contributed by atoms with Gasteiger partial charge in [0, 0.05) is 22.6 Å². The maximum absolute atomic E-state index is 11.9. The quantitative estimate of drug-likeness (QED) is 0.678. The maximum atomic E-state index is 11.9. The van der Waals surface area contributed by atoms with Gasteiger partial charge in [-0.3, -0.25) is 10.1 Å². The number of fused-ring (bicyclic) bond motifs is 4. The van der Waals surface area contributed by atoms with Gasteiger partial charge in [0.25, 0.3) is 0 Å². The van der Waals surface area contributed by atoms with Crippen LogP contribution in [0, 0.1) is 10.1 Å². The number of hydrogen-bond acceptors (Lipinski definition) is 4. The lowest BCUT2D eigenvalue weighted by molar-refractivity contribution is -0.550. The number of hydrogen-bond donors (Lipinski definition) is 1. The van der Waals surface area contributed by atoms with Crippen LogP contribution in [-0.2, 0) is 4.74 Å². The van der Waals surface area contributed by atoms with E-state index in [4.69, 9.17) is 4.74 Å². The number of nitrogens with zero attached hydrogens (tertiary/aromatic N) is 1. The molecule has 1 saturated heterocycles. The molecule has 0 aliphatic carbocycles. The van der Waals surface area contributed by atoms with Crippen molar-refractivity contribution in [2.75, 3.05) is 5.32 Å². The Morgan fingerprint density at radius 1 is 1.17 bits per heavy atom. The summed E-state index contributed by atoms with van der Waals surface area (Å²) in [5.41, 5.74) is 2.21. The minimum atomic E-state index is -0.784. The minimum absolute atomic E-state index is 0.177. The number of para-hydroxylation sites is 1. The number of anilines is 1. The van der Waals surface area contributed by atoms with Crippen LogP contribution in [0.3, 0.4) is 0 Å². The zero-order valence-corrected chi connectivity index (χ0v) is 12.8. The Bertz CT molecular complexity index is 749. The number of rotatable bonds is 2. The third-order valence-corrected chi connectivity index (χ3v) is 4.86. The van der Waals surface area contributed by atoms with E-state index in [1.807, 2.05) is 61.5 Å². The first-order valence-corrected chi connectivity index (χ1v) is 7.81. The SMILES string of the molecule is C[C@@]12C[C@H](c3ccccc3)[C@H]([N+](=O)[O-])[C@H](O1)c1ccccc1N2. The second kappa shape index (κ2) is 5.06. The Balaban J connectivity index is 1.84. The molecule has 5 heteroatoms. The average molecular weight is 310 g/mol. The molecule has 23 heavy (non-hydrogen) atoms. The van der Waals surface area contributed by atoms with Crippen molar-refractivity contribution in [3.63, 3.8) is 0 Å². The van der Waals surface area contributed by atoms with Crippen LogP contribution in [0.4, 0.5) is 5.69 Å². The van der Waals surface area contributed by atoms with E-state index in [1.165, 1.54) is 0 Å². The number of nitrogens with one attached hydrogen (secondary N) is 1. The van der Waals surface area contributed by atoms with Crippen LogP contribution < -0.4 is 5.32 Å². The molecule has 2 bridgehead atoms. The summed E-state index contributed by atoms with van der Waals surface area (Å²) in [6.07, 6.45) is 0.0273. The summed E-state index contributed by atoms with van der Waals surface area (Å²) in [6.45, 7) is 1.97. The van der Waals surface area contributed by atoms with Gasteiger partial charge < -0.3 is 10.1 Å². The molecule has 0 unspecified atom stereocenters. The molecule has 2 aliphatic rings. The van der Waals surface area contributed by atoms with Gasteiger partial charge >= 0.3 is 0 Å². The van der Waals surface area contributed by atoms with Crippen molar-refractivity contribution < 1.29 is 9.66 Å². The second-order valence-electron chi connectivity index (χ2n) is 6.48. The van der Waals surface area contributed by atoms with E-state index < -0.39 is 17.9 Å². The van der Waals surface area contributed by atoms with Gasteiger partial charge in [0.1, 0.15) is 5.72 Å².